The second-order valence-corrected chi connectivity index (χ2v) is 3.96. The van der Waals surface area contributed by atoms with Gasteiger partial charge in [0.15, 0.2) is 0 Å². The summed E-state index contributed by atoms with van der Waals surface area (Å²) in [7, 11) is 0. The summed E-state index contributed by atoms with van der Waals surface area (Å²) in [6.07, 6.45) is 7.19. The van der Waals surface area contributed by atoms with Crippen molar-refractivity contribution in [2.24, 2.45) is 5.92 Å². The van der Waals surface area contributed by atoms with Crippen LogP contribution in [-0.2, 0) is 0 Å². The van der Waals surface area contributed by atoms with E-state index in [2.05, 4.69) is 12.2 Å². The van der Waals surface area contributed by atoms with E-state index >= 15 is 0 Å². The standard InChI is InChI=1S/C9H17N/c1-7-3-2-4-9(7)10-8-5-6-8/h7-10H,2-6H2,1H3. The van der Waals surface area contributed by atoms with E-state index in [-0.39, 0.29) is 0 Å². The van der Waals surface area contributed by atoms with Crippen LogP contribution in [0.1, 0.15) is 39.0 Å². The van der Waals surface area contributed by atoms with E-state index in [1.165, 1.54) is 32.1 Å². The summed E-state index contributed by atoms with van der Waals surface area (Å²) in [5.41, 5.74) is 0. The molecular weight excluding hydrogens is 122 g/mol. The topological polar surface area (TPSA) is 12.0 Å². The first-order valence-corrected chi connectivity index (χ1v) is 4.62. The van der Waals surface area contributed by atoms with Crippen molar-refractivity contribution >= 4 is 0 Å². The third kappa shape index (κ3) is 1.34. The number of hydrogen-bond acceptors (Lipinski definition) is 1. The second-order valence-electron chi connectivity index (χ2n) is 3.96. The highest BCUT2D eigenvalue weighted by atomic mass is 15.0. The number of nitrogens with one attached hydrogen (secondary N) is 1. The minimum atomic E-state index is 0.868. The van der Waals surface area contributed by atoms with Gasteiger partial charge in [0.2, 0.25) is 0 Å². The van der Waals surface area contributed by atoms with Gasteiger partial charge < -0.3 is 5.32 Å². The van der Waals surface area contributed by atoms with Gasteiger partial charge >= 0.3 is 0 Å². The lowest BCUT2D eigenvalue weighted by atomic mass is 10.1. The Kier molecular flexibility index (Phi) is 1.69. The second kappa shape index (κ2) is 2.54. The van der Waals surface area contributed by atoms with E-state index in [9.17, 15) is 0 Å². The largest absolute Gasteiger partial charge is 0.311 e. The van der Waals surface area contributed by atoms with Crippen LogP contribution in [0.5, 0.6) is 0 Å². The quantitative estimate of drug-likeness (QED) is 0.616. The highest BCUT2D eigenvalue weighted by Gasteiger charge is 2.29. The fraction of sp³-hybridized carbons (Fsp3) is 1.00. The van der Waals surface area contributed by atoms with Crippen LogP contribution >= 0.6 is 0 Å². The minimum Gasteiger partial charge on any atom is -0.311 e. The van der Waals surface area contributed by atoms with Gasteiger partial charge in [0.1, 0.15) is 0 Å². The number of rotatable bonds is 2. The summed E-state index contributed by atoms with van der Waals surface area (Å²) in [4.78, 5) is 0. The summed E-state index contributed by atoms with van der Waals surface area (Å²) >= 11 is 0. The normalized spacial score (nSPS) is 40.5. The molecule has 0 spiro atoms. The summed E-state index contributed by atoms with van der Waals surface area (Å²) in [5.74, 6) is 0.945. The van der Waals surface area contributed by atoms with E-state index in [0.717, 1.165) is 18.0 Å². The van der Waals surface area contributed by atoms with Crippen molar-refractivity contribution in [2.75, 3.05) is 0 Å². The van der Waals surface area contributed by atoms with E-state index in [4.69, 9.17) is 0 Å². The Labute approximate surface area is 63.2 Å². The smallest absolute Gasteiger partial charge is 0.00952 e. The maximum absolute atomic E-state index is 3.70. The molecule has 2 aliphatic carbocycles. The molecule has 1 heteroatoms. The molecule has 2 rings (SSSR count). The van der Waals surface area contributed by atoms with Crippen LogP contribution < -0.4 is 5.32 Å². The van der Waals surface area contributed by atoms with E-state index in [1.807, 2.05) is 0 Å². The summed E-state index contributed by atoms with van der Waals surface area (Å²) in [5, 5.41) is 3.70. The van der Waals surface area contributed by atoms with Gasteiger partial charge in [-0.3, -0.25) is 0 Å². The molecule has 10 heavy (non-hydrogen) atoms. The van der Waals surface area contributed by atoms with Crippen LogP contribution in [0.4, 0.5) is 0 Å². The first-order chi connectivity index (χ1) is 4.86. The Bertz CT molecular complexity index is 118. The number of hydrogen-bond donors (Lipinski definition) is 1. The van der Waals surface area contributed by atoms with Gasteiger partial charge in [-0.1, -0.05) is 13.3 Å². The average molecular weight is 139 g/mol. The van der Waals surface area contributed by atoms with Gasteiger partial charge in [-0.15, -0.1) is 0 Å². The SMILES string of the molecule is CC1CCCC1NC1CC1. The van der Waals surface area contributed by atoms with Crippen LogP contribution in [0.3, 0.4) is 0 Å². The average Bonchev–Trinajstić information content (AvgIpc) is 2.62. The molecule has 0 aromatic carbocycles. The van der Waals surface area contributed by atoms with Crippen LogP contribution in [-0.4, -0.2) is 12.1 Å². The first kappa shape index (κ1) is 6.66. The van der Waals surface area contributed by atoms with Crippen molar-refractivity contribution in [1.29, 1.82) is 0 Å². The first-order valence-electron chi connectivity index (χ1n) is 4.62. The van der Waals surface area contributed by atoms with Gasteiger partial charge in [-0.25, -0.2) is 0 Å². The predicted molar refractivity (Wildman–Crippen MR) is 43.0 cm³/mol. The molecule has 58 valence electrons. The third-order valence-electron chi connectivity index (χ3n) is 2.89. The van der Waals surface area contributed by atoms with Gasteiger partial charge in [-0.2, -0.15) is 0 Å². The van der Waals surface area contributed by atoms with Crippen molar-refractivity contribution in [3.63, 3.8) is 0 Å². The zero-order valence-electron chi connectivity index (χ0n) is 6.77. The third-order valence-corrected chi connectivity index (χ3v) is 2.89. The molecule has 0 bridgehead atoms. The fourth-order valence-electron chi connectivity index (χ4n) is 1.95. The molecular formula is C9H17N. The van der Waals surface area contributed by atoms with Crippen molar-refractivity contribution < 1.29 is 0 Å². The Morgan fingerprint density at radius 2 is 1.90 bits per heavy atom. The van der Waals surface area contributed by atoms with Crippen molar-refractivity contribution in [1.82, 2.24) is 5.32 Å². The Balaban J connectivity index is 1.79. The Morgan fingerprint density at radius 3 is 2.40 bits per heavy atom. The molecule has 0 radical (unpaired) electrons. The Morgan fingerprint density at radius 1 is 1.10 bits per heavy atom. The molecule has 2 atom stereocenters. The fourth-order valence-corrected chi connectivity index (χ4v) is 1.95. The predicted octanol–water partition coefficient (Wildman–Crippen LogP) is 1.93. The maximum Gasteiger partial charge on any atom is 0.00952 e. The molecule has 0 aromatic heterocycles. The molecule has 1 nitrogen and oxygen atoms in total. The monoisotopic (exact) mass is 139 g/mol. The molecule has 2 saturated carbocycles. The Hall–Kier alpha value is -0.0400. The lowest BCUT2D eigenvalue weighted by Crippen LogP contribution is -2.32. The lowest BCUT2D eigenvalue weighted by molar-refractivity contribution is 0.424. The highest BCUT2D eigenvalue weighted by molar-refractivity contribution is 4.89. The van der Waals surface area contributed by atoms with Gasteiger partial charge in [0.05, 0.1) is 0 Å². The lowest BCUT2D eigenvalue weighted by Gasteiger charge is -2.16. The molecule has 0 heterocycles. The van der Waals surface area contributed by atoms with E-state index < -0.39 is 0 Å². The van der Waals surface area contributed by atoms with E-state index in [0.29, 0.717) is 0 Å². The van der Waals surface area contributed by atoms with Crippen molar-refractivity contribution in [3.8, 4) is 0 Å². The van der Waals surface area contributed by atoms with Crippen LogP contribution in [0.2, 0.25) is 0 Å². The van der Waals surface area contributed by atoms with Gasteiger partial charge in [0, 0.05) is 12.1 Å². The summed E-state index contributed by atoms with van der Waals surface area (Å²) < 4.78 is 0. The molecule has 1 N–H and O–H groups in total. The summed E-state index contributed by atoms with van der Waals surface area (Å²) in [6.45, 7) is 2.38. The molecule has 0 amide bonds. The molecule has 0 aliphatic heterocycles. The van der Waals surface area contributed by atoms with Crippen LogP contribution in [0, 0.1) is 5.92 Å². The van der Waals surface area contributed by atoms with Crippen LogP contribution in [0.15, 0.2) is 0 Å². The van der Waals surface area contributed by atoms with Gasteiger partial charge in [-0.05, 0) is 31.6 Å². The molecule has 2 aliphatic rings. The molecule has 2 fully saturated rings. The zero-order chi connectivity index (χ0) is 6.97. The van der Waals surface area contributed by atoms with Gasteiger partial charge in [0.25, 0.3) is 0 Å². The highest BCUT2D eigenvalue weighted by Crippen LogP contribution is 2.29. The van der Waals surface area contributed by atoms with Crippen molar-refractivity contribution in [2.45, 2.75) is 51.1 Å². The van der Waals surface area contributed by atoms with Crippen molar-refractivity contribution in [3.05, 3.63) is 0 Å². The zero-order valence-corrected chi connectivity index (χ0v) is 6.77. The molecule has 2 unspecified atom stereocenters. The van der Waals surface area contributed by atoms with Crippen LogP contribution in [0.25, 0.3) is 0 Å². The minimum absolute atomic E-state index is 0.868. The van der Waals surface area contributed by atoms with E-state index in [1.54, 1.807) is 0 Å². The summed E-state index contributed by atoms with van der Waals surface area (Å²) in [6, 6.07) is 1.78. The molecule has 0 saturated heterocycles. The molecule has 0 aromatic rings. The maximum atomic E-state index is 3.70.